The summed E-state index contributed by atoms with van der Waals surface area (Å²) in [6, 6.07) is 0.323. The molecule has 3 rings (SSSR count). The van der Waals surface area contributed by atoms with E-state index in [-0.39, 0.29) is 41.4 Å². The van der Waals surface area contributed by atoms with Crippen molar-refractivity contribution in [1.82, 2.24) is 15.6 Å². The molecule has 1 aromatic heterocycles. The lowest BCUT2D eigenvalue weighted by atomic mass is 9.60. The molecule has 2 aliphatic carbocycles. The molecule has 0 amide bonds. The van der Waals surface area contributed by atoms with Crippen molar-refractivity contribution in [3.63, 3.8) is 0 Å². The number of rotatable bonds is 7. The summed E-state index contributed by atoms with van der Waals surface area (Å²) in [6.07, 6.45) is 6.37. The highest BCUT2D eigenvalue weighted by atomic mass is 127. The van der Waals surface area contributed by atoms with Crippen LogP contribution < -0.4 is 10.6 Å². The standard InChI is InChI=1S/C21H34N4O3S.HI/c1-6-27-16-12-15(21(16)10-8-9-11-21)25-20(22-5)24-14(4)18-23-13(3)17(29-18)19(26)28-7-2;/h14-16H,6-12H2,1-5H3,(H2,22,24,25);1H. The quantitative estimate of drug-likeness (QED) is 0.229. The summed E-state index contributed by atoms with van der Waals surface area (Å²) >= 11 is 1.38. The van der Waals surface area contributed by atoms with Gasteiger partial charge < -0.3 is 20.1 Å². The van der Waals surface area contributed by atoms with Crippen molar-refractivity contribution in [3.05, 3.63) is 15.6 Å². The largest absolute Gasteiger partial charge is 0.462 e. The van der Waals surface area contributed by atoms with Gasteiger partial charge in [-0.15, -0.1) is 35.3 Å². The van der Waals surface area contributed by atoms with Crippen molar-refractivity contribution in [3.8, 4) is 0 Å². The van der Waals surface area contributed by atoms with E-state index in [1.807, 2.05) is 20.8 Å². The summed E-state index contributed by atoms with van der Waals surface area (Å²) < 4.78 is 11.1. The van der Waals surface area contributed by atoms with Crippen LogP contribution in [0.4, 0.5) is 0 Å². The molecule has 2 fully saturated rings. The third kappa shape index (κ3) is 5.09. The van der Waals surface area contributed by atoms with E-state index in [1.165, 1.54) is 37.0 Å². The number of aliphatic imine (C=N–C) groups is 1. The van der Waals surface area contributed by atoms with Crippen molar-refractivity contribution < 1.29 is 14.3 Å². The molecule has 170 valence electrons. The Hall–Kier alpha value is -0.940. The molecule has 1 heterocycles. The number of nitrogens with zero attached hydrogens (tertiary/aromatic N) is 2. The second-order valence-corrected chi connectivity index (χ2v) is 8.97. The fourth-order valence-corrected chi connectivity index (χ4v) is 5.64. The second kappa shape index (κ2) is 11.1. The molecule has 1 spiro atoms. The zero-order valence-electron chi connectivity index (χ0n) is 18.6. The van der Waals surface area contributed by atoms with Gasteiger partial charge >= 0.3 is 5.97 Å². The van der Waals surface area contributed by atoms with E-state index in [9.17, 15) is 4.79 Å². The summed E-state index contributed by atoms with van der Waals surface area (Å²) in [4.78, 5) is 21.7. The van der Waals surface area contributed by atoms with Gasteiger partial charge in [0.05, 0.1) is 24.4 Å². The van der Waals surface area contributed by atoms with Crippen LogP contribution >= 0.6 is 35.3 Å². The number of nitrogens with one attached hydrogen (secondary N) is 2. The Morgan fingerprint density at radius 1 is 1.33 bits per heavy atom. The van der Waals surface area contributed by atoms with Crippen LogP contribution in [0.25, 0.3) is 0 Å². The van der Waals surface area contributed by atoms with Crippen molar-refractivity contribution in [2.24, 2.45) is 10.4 Å². The summed E-state index contributed by atoms with van der Waals surface area (Å²) in [7, 11) is 1.79. The van der Waals surface area contributed by atoms with Gasteiger partial charge in [-0.05, 0) is 47.0 Å². The van der Waals surface area contributed by atoms with Gasteiger partial charge in [0.1, 0.15) is 9.88 Å². The fraction of sp³-hybridized carbons (Fsp3) is 0.762. The van der Waals surface area contributed by atoms with Gasteiger partial charge in [0.15, 0.2) is 5.96 Å². The highest BCUT2D eigenvalue weighted by molar-refractivity contribution is 14.0. The number of thiazole rings is 1. The van der Waals surface area contributed by atoms with E-state index >= 15 is 0 Å². The molecule has 0 aromatic carbocycles. The molecule has 3 unspecified atom stereocenters. The molecule has 0 bridgehead atoms. The first kappa shape index (κ1) is 25.3. The van der Waals surface area contributed by atoms with Gasteiger partial charge in [-0.1, -0.05) is 12.8 Å². The number of aromatic nitrogens is 1. The van der Waals surface area contributed by atoms with Crippen molar-refractivity contribution in [1.29, 1.82) is 0 Å². The van der Waals surface area contributed by atoms with E-state index in [2.05, 4.69) is 27.5 Å². The maximum atomic E-state index is 12.1. The monoisotopic (exact) mass is 550 g/mol. The molecule has 30 heavy (non-hydrogen) atoms. The summed E-state index contributed by atoms with van der Waals surface area (Å²) in [5, 5.41) is 7.93. The molecule has 0 aliphatic heterocycles. The summed E-state index contributed by atoms with van der Waals surface area (Å²) in [5.74, 6) is 0.470. The fourth-order valence-electron chi connectivity index (χ4n) is 4.68. The Balaban J connectivity index is 0.00000320. The molecule has 3 atom stereocenters. The number of carbonyl (C=O) groups is 1. The topological polar surface area (TPSA) is 84.8 Å². The van der Waals surface area contributed by atoms with Gasteiger partial charge in [-0.2, -0.15) is 0 Å². The number of hydrogen-bond donors (Lipinski definition) is 2. The zero-order chi connectivity index (χ0) is 21.0. The number of guanidine groups is 1. The minimum atomic E-state index is -0.303. The van der Waals surface area contributed by atoms with E-state index in [0.717, 1.165) is 24.0 Å². The third-order valence-electron chi connectivity index (χ3n) is 6.22. The lowest BCUT2D eigenvalue weighted by molar-refractivity contribution is -0.125. The third-order valence-corrected chi connectivity index (χ3v) is 7.54. The average Bonchev–Trinajstić information content (AvgIpc) is 3.35. The molecule has 2 aliphatic rings. The van der Waals surface area contributed by atoms with Crippen LogP contribution in [-0.4, -0.2) is 49.3 Å². The molecular formula is C21H35IN4O3S. The second-order valence-electron chi connectivity index (χ2n) is 7.94. The summed E-state index contributed by atoms with van der Waals surface area (Å²) in [6.45, 7) is 8.90. The number of esters is 1. The number of carbonyl (C=O) groups excluding carboxylic acids is 1. The van der Waals surface area contributed by atoms with Gasteiger partial charge in [-0.3, -0.25) is 4.99 Å². The lowest BCUT2D eigenvalue weighted by Gasteiger charge is -2.54. The van der Waals surface area contributed by atoms with Gasteiger partial charge in [0.25, 0.3) is 0 Å². The van der Waals surface area contributed by atoms with Gasteiger partial charge in [0, 0.05) is 25.1 Å². The van der Waals surface area contributed by atoms with Gasteiger partial charge in [0.2, 0.25) is 0 Å². The van der Waals surface area contributed by atoms with Crippen LogP contribution in [0, 0.1) is 12.3 Å². The number of hydrogen-bond acceptors (Lipinski definition) is 6. The van der Waals surface area contributed by atoms with Crippen molar-refractivity contribution >= 4 is 47.2 Å². The van der Waals surface area contributed by atoms with Crippen LogP contribution in [-0.2, 0) is 9.47 Å². The first-order valence-corrected chi connectivity index (χ1v) is 11.5. The first-order chi connectivity index (χ1) is 13.9. The molecule has 2 saturated carbocycles. The van der Waals surface area contributed by atoms with E-state index < -0.39 is 0 Å². The molecule has 9 heteroatoms. The van der Waals surface area contributed by atoms with Crippen LogP contribution in [0.1, 0.15) is 79.3 Å². The Morgan fingerprint density at radius 3 is 2.63 bits per heavy atom. The van der Waals surface area contributed by atoms with E-state index in [4.69, 9.17) is 9.47 Å². The van der Waals surface area contributed by atoms with Crippen molar-refractivity contribution in [2.45, 2.75) is 78.0 Å². The Labute approximate surface area is 200 Å². The van der Waals surface area contributed by atoms with Crippen LogP contribution in [0.3, 0.4) is 0 Å². The summed E-state index contributed by atoms with van der Waals surface area (Å²) in [5.41, 5.74) is 0.953. The molecule has 0 saturated heterocycles. The Bertz CT molecular complexity index is 749. The minimum absolute atomic E-state index is 0. The number of halogens is 1. The van der Waals surface area contributed by atoms with Crippen LogP contribution in [0.15, 0.2) is 4.99 Å². The molecule has 2 N–H and O–H groups in total. The normalized spacial score (nSPS) is 23.4. The Morgan fingerprint density at radius 2 is 2.03 bits per heavy atom. The highest BCUT2D eigenvalue weighted by Gasteiger charge is 2.57. The first-order valence-electron chi connectivity index (χ1n) is 10.7. The predicted octanol–water partition coefficient (Wildman–Crippen LogP) is 4.21. The molecule has 0 radical (unpaired) electrons. The van der Waals surface area contributed by atoms with Crippen LogP contribution in [0.5, 0.6) is 0 Å². The molecule has 1 aromatic rings. The van der Waals surface area contributed by atoms with Gasteiger partial charge in [-0.25, -0.2) is 9.78 Å². The van der Waals surface area contributed by atoms with E-state index in [1.54, 1.807) is 7.05 Å². The zero-order valence-corrected chi connectivity index (χ0v) is 21.8. The average molecular weight is 551 g/mol. The minimum Gasteiger partial charge on any atom is -0.462 e. The van der Waals surface area contributed by atoms with Crippen LogP contribution in [0.2, 0.25) is 0 Å². The lowest BCUT2D eigenvalue weighted by Crippen LogP contribution is -2.65. The maximum Gasteiger partial charge on any atom is 0.350 e. The maximum absolute atomic E-state index is 12.1. The molecular weight excluding hydrogens is 515 g/mol. The Kier molecular flexibility index (Phi) is 9.35. The van der Waals surface area contributed by atoms with Crippen molar-refractivity contribution in [2.75, 3.05) is 20.3 Å². The SMILES string of the molecule is CCOC(=O)c1sc(C(C)NC(=NC)NC2CC(OCC)C23CCCC3)nc1C.I. The predicted molar refractivity (Wildman–Crippen MR) is 131 cm³/mol. The van der Waals surface area contributed by atoms with E-state index in [0.29, 0.717) is 29.3 Å². The highest BCUT2D eigenvalue weighted by Crippen LogP contribution is 2.54. The smallest absolute Gasteiger partial charge is 0.350 e. The number of aryl methyl sites for hydroxylation is 1. The number of ether oxygens (including phenoxy) is 2. The molecule has 7 nitrogen and oxygen atoms in total.